The van der Waals surface area contributed by atoms with Gasteiger partial charge in [-0.3, -0.25) is 14.6 Å². The van der Waals surface area contributed by atoms with Crippen molar-refractivity contribution in [3.8, 4) is 5.82 Å². The van der Waals surface area contributed by atoms with Crippen molar-refractivity contribution in [2.75, 3.05) is 32.7 Å². The largest absolute Gasteiger partial charge is 0.307 e. The Bertz CT molecular complexity index is 1140. The zero-order valence-electron chi connectivity index (χ0n) is 16.7. The van der Waals surface area contributed by atoms with Gasteiger partial charge in [-0.15, -0.1) is 5.10 Å². The summed E-state index contributed by atoms with van der Waals surface area (Å²) in [7, 11) is 0. The van der Waals surface area contributed by atoms with Crippen molar-refractivity contribution in [3.05, 3.63) is 77.2 Å². The van der Waals surface area contributed by atoms with E-state index in [9.17, 15) is 4.79 Å². The molecule has 1 aliphatic heterocycles. The Labute approximate surface area is 173 Å². The zero-order valence-corrected chi connectivity index (χ0v) is 16.7. The predicted molar refractivity (Wildman–Crippen MR) is 113 cm³/mol. The van der Waals surface area contributed by atoms with Gasteiger partial charge in [0.2, 0.25) is 0 Å². The van der Waals surface area contributed by atoms with E-state index in [0.717, 1.165) is 50.6 Å². The van der Waals surface area contributed by atoms with Crippen molar-refractivity contribution < 1.29 is 0 Å². The minimum atomic E-state index is -0.0867. The van der Waals surface area contributed by atoms with Crippen LogP contribution in [0.4, 0.5) is 0 Å². The number of rotatable bonds is 6. The highest BCUT2D eigenvalue weighted by molar-refractivity contribution is 5.39. The molecule has 1 saturated heterocycles. The topological polar surface area (TPSA) is 76.5 Å². The minimum Gasteiger partial charge on any atom is -0.307 e. The van der Waals surface area contributed by atoms with Crippen LogP contribution in [0.5, 0.6) is 0 Å². The van der Waals surface area contributed by atoms with E-state index in [1.807, 2.05) is 36.7 Å². The Balaban J connectivity index is 1.15. The van der Waals surface area contributed by atoms with Gasteiger partial charge < -0.3 is 4.40 Å². The lowest BCUT2D eigenvalue weighted by Gasteiger charge is -2.34. The highest BCUT2D eigenvalue weighted by Crippen LogP contribution is 2.10. The van der Waals surface area contributed by atoms with Crippen molar-refractivity contribution in [3.63, 3.8) is 0 Å². The molecule has 5 heterocycles. The van der Waals surface area contributed by atoms with Gasteiger partial charge in [0.25, 0.3) is 5.56 Å². The summed E-state index contributed by atoms with van der Waals surface area (Å²) < 4.78 is 5.25. The third-order valence-electron chi connectivity index (χ3n) is 5.48. The second-order valence-electron chi connectivity index (χ2n) is 7.52. The molecule has 0 N–H and O–H groups in total. The molecule has 0 atom stereocenters. The van der Waals surface area contributed by atoms with Gasteiger partial charge in [0, 0.05) is 70.1 Å². The molecular formula is C21H24N8O. The highest BCUT2D eigenvalue weighted by Gasteiger charge is 2.18. The molecule has 4 aromatic rings. The smallest absolute Gasteiger partial charge is 0.266 e. The van der Waals surface area contributed by atoms with Crippen molar-refractivity contribution in [2.24, 2.45) is 0 Å². The number of hydrogen-bond donors (Lipinski definition) is 0. The third-order valence-corrected chi connectivity index (χ3v) is 5.48. The molecule has 9 heteroatoms. The quantitative estimate of drug-likeness (QED) is 0.475. The van der Waals surface area contributed by atoms with Crippen LogP contribution in [0.1, 0.15) is 5.69 Å². The molecule has 1 aliphatic rings. The summed E-state index contributed by atoms with van der Waals surface area (Å²) in [6, 6.07) is 11.1. The molecule has 0 unspecified atom stereocenters. The Kier molecular flexibility index (Phi) is 5.12. The molecule has 154 valence electrons. The van der Waals surface area contributed by atoms with Gasteiger partial charge in [-0.25, -0.2) is 14.3 Å². The average Bonchev–Trinajstić information content (AvgIpc) is 3.44. The van der Waals surface area contributed by atoms with Crippen molar-refractivity contribution in [2.45, 2.75) is 13.1 Å². The Morgan fingerprint density at radius 1 is 0.900 bits per heavy atom. The van der Waals surface area contributed by atoms with Gasteiger partial charge in [0.1, 0.15) is 5.65 Å². The molecule has 0 saturated carbocycles. The molecule has 0 amide bonds. The number of aromatic nitrogens is 6. The van der Waals surface area contributed by atoms with Gasteiger partial charge in [0.15, 0.2) is 5.82 Å². The molecule has 5 rings (SSSR count). The standard InChI is InChI=1S/C21H24N8O/c30-21-6-5-20(28-9-3-7-22-28)24-29(21)15-14-25-10-12-26(13-11-25)16-18-17-27-8-2-1-4-19(27)23-18/h1-9,17H,10-16H2. The van der Waals surface area contributed by atoms with Crippen LogP contribution in [-0.4, -0.2) is 71.5 Å². The summed E-state index contributed by atoms with van der Waals surface area (Å²) in [6.45, 7) is 6.16. The molecule has 1 fully saturated rings. The van der Waals surface area contributed by atoms with E-state index < -0.39 is 0 Å². The lowest BCUT2D eigenvalue weighted by molar-refractivity contribution is 0.122. The van der Waals surface area contributed by atoms with Gasteiger partial charge >= 0.3 is 0 Å². The SMILES string of the molecule is O=c1ccc(-n2cccn2)nn1CCN1CCN(Cc2cn3ccccc3n2)CC1. The van der Waals surface area contributed by atoms with E-state index in [2.05, 4.69) is 30.6 Å². The van der Waals surface area contributed by atoms with Gasteiger partial charge in [-0.05, 0) is 24.3 Å². The molecule has 4 aromatic heterocycles. The molecule has 0 radical (unpaired) electrons. The van der Waals surface area contributed by atoms with Crippen LogP contribution < -0.4 is 5.56 Å². The number of nitrogens with zero attached hydrogens (tertiary/aromatic N) is 8. The summed E-state index contributed by atoms with van der Waals surface area (Å²) in [5, 5.41) is 8.63. The van der Waals surface area contributed by atoms with Crippen LogP contribution in [0.3, 0.4) is 0 Å². The maximum Gasteiger partial charge on any atom is 0.266 e. The predicted octanol–water partition coefficient (Wildman–Crippen LogP) is 0.894. The van der Waals surface area contributed by atoms with Gasteiger partial charge in [0.05, 0.1) is 12.2 Å². The number of hydrogen-bond acceptors (Lipinski definition) is 6. The van der Waals surface area contributed by atoms with Crippen LogP contribution in [0.25, 0.3) is 11.5 Å². The van der Waals surface area contributed by atoms with Crippen LogP contribution in [0.2, 0.25) is 0 Å². The van der Waals surface area contributed by atoms with Crippen molar-refractivity contribution in [1.82, 2.24) is 38.7 Å². The molecule has 30 heavy (non-hydrogen) atoms. The molecule has 0 bridgehead atoms. The maximum absolute atomic E-state index is 12.2. The fourth-order valence-electron chi connectivity index (χ4n) is 3.82. The van der Waals surface area contributed by atoms with E-state index in [1.54, 1.807) is 23.0 Å². The average molecular weight is 404 g/mol. The van der Waals surface area contributed by atoms with E-state index in [0.29, 0.717) is 12.4 Å². The number of fused-ring (bicyclic) bond motifs is 1. The first-order valence-electron chi connectivity index (χ1n) is 10.2. The van der Waals surface area contributed by atoms with Gasteiger partial charge in [-0.1, -0.05) is 6.07 Å². The van der Waals surface area contributed by atoms with Crippen LogP contribution in [0.15, 0.2) is 66.0 Å². The zero-order chi connectivity index (χ0) is 20.3. The number of imidazole rings is 1. The summed E-state index contributed by atoms with van der Waals surface area (Å²) in [4.78, 5) is 21.7. The van der Waals surface area contributed by atoms with Crippen LogP contribution >= 0.6 is 0 Å². The maximum atomic E-state index is 12.2. The Morgan fingerprint density at radius 2 is 1.77 bits per heavy atom. The van der Waals surface area contributed by atoms with Crippen LogP contribution in [-0.2, 0) is 13.1 Å². The summed E-state index contributed by atoms with van der Waals surface area (Å²) >= 11 is 0. The van der Waals surface area contributed by atoms with Crippen molar-refractivity contribution in [1.29, 1.82) is 0 Å². The first-order chi connectivity index (χ1) is 14.7. The van der Waals surface area contributed by atoms with E-state index in [4.69, 9.17) is 4.98 Å². The van der Waals surface area contributed by atoms with E-state index in [-0.39, 0.29) is 5.56 Å². The van der Waals surface area contributed by atoms with Gasteiger partial charge in [-0.2, -0.15) is 5.10 Å². The second kappa shape index (κ2) is 8.21. The van der Waals surface area contributed by atoms with E-state index >= 15 is 0 Å². The highest BCUT2D eigenvalue weighted by atomic mass is 16.1. The first-order valence-corrected chi connectivity index (χ1v) is 10.2. The normalized spacial score (nSPS) is 15.7. The fourth-order valence-corrected chi connectivity index (χ4v) is 3.82. The molecule has 0 spiro atoms. The molecule has 0 aromatic carbocycles. The fraction of sp³-hybridized carbons (Fsp3) is 0.333. The molecule has 9 nitrogen and oxygen atoms in total. The minimum absolute atomic E-state index is 0.0867. The van der Waals surface area contributed by atoms with E-state index in [1.165, 1.54) is 4.68 Å². The lowest BCUT2D eigenvalue weighted by Crippen LogP contribution is -2.47. The second-order valence-corrected chi connectivity index (χ2v) is 7.52. The summed E-state index contributed by atoms with van der Waals surface area (Å²) in [5.41, 5.74) is 2.00. The molecule has 0 aliphatic carbocycles. The first kappa shape index (κ1) is 18.7. The summed E-state index contributed by atoms with van der Waals surface area (Å²) in [5.74, 6) is 0.650. The number of piperazine rings is 1. The monoisotopic (exact) mass is 404 g/mol. The summed E-state index contributed by atoms with van der Waals surface area (Å²) in [6.07, 6.45) is 7.65. The lowest BCUT2D eigenvalue weighted by atomic mass is 10.3. The van der Waals surface area contributed by atoms with Crippen LogP contribution in [0, 0.1) is 0 Å². The Morgan fingerprint density at radius 3 is 2.57 bits per heavy atom. The third kappa shape index (κ3) is 4.03. The molecular weight excluding hydrogens is 380 g/mol. The number of pyridine rings is 1. The Hall–Kier alpha value is -3.30. The van der Waals surface area contributed by atoms with Crippen molar-refractivity contribution >= 4 is 5.65 Å².